The van der Waals surface area contributed by atoms with Crippen LogP contribution >= 0.6 is 22.6 Å². The molecule has 11 heteroatoms. The Morgan fingerprint density at radius 3 is 2.36 bits per heavy atom. The minimum Gasteiger partial charge on any atom is -0.394 e. The summed E-state index contributed by atoms with van der Waals surface area (Å²) in [5.74, 6) is -3.51. The van der Waals surface area contributed by atoms with Crippen LogP contribution in [0.25, 0.3) is 0 Å². The lowest BCUT2D eigenvalue weighted by Gasteiger charge is -2.22. The molecule has 0 saturated carbocycles. The smallest absolute Gasteiger partial charge is 0.333 e. The lowest BCUT2D eigenvalue weighted by molar-refractivity contribution is -0.0578. The van der Waals surface area contributed by atoms with E-state index in [1.807, 2.05) is 0 Å². The zero-order valence-electron chi connectivity index (χ0n) is 14.3. The minimum atomic E-state index is -3.51. The highest BCUT2D eigenvalue weighted by molar-refractivity contribution is 14.1. The molecule has 1 aromatic heterocycles. The number of ether oxygens (including phenoxy) is 1. The Labute approximate surface area is 170 Å². The van der Waals surface area contributed by atoms with Crippen molar-refractivity contribution >= 4 is 22.6 Å². The zero-order chi connectivity index (χ0) is 20.6. The predicted octanol–water partition coefficient (Wildman–Crippen LogP) is 0.0181. The van der Waals surface area contributed by atoms with Crippen LogP contribution in [0.4, 0.5) is 8.78 Å². The van der Waals surface area contributed by atoms with E-state index >= 15 is 0 Å². The molecule has 3 N–H and O–H groups in total. The van der Waals surface area contributed by atoms with Gasteiger partial charge in [0.15, 0.2) is 6.23 Å². The minimum absolute atomic E-state index is 0.0567. The summed E-state index contributed by atoms with van der Waals surface area (Å²) in [6, 6.07) is 6.76. The standard InChI is InChI=1S/C17H17F2IN2O6/c18-17(19,9-4-2-1-3-5-9)8-22-14(26)10(20)6-21(16(22)27)15-13(25)12(24)11(7-23)28-15/h1-6,11-13,15,23-25H,7-8H2/t11-,12?,13?,15?/m1/s1. The van der Waals surface area contributed by atoms with Crippen LogP contribution in [0.1, 0.15) is 11.8 Å². The Bertz CT molecular complexity index is 964. The van der Waals surface area contributed by atoms with Gasteiger partial charge in [-0.05, 0) is 22.6 Å². The van der Waals surface area contributed by atoms with Crippen molar-refractivity contribution in [1.29, 1.82) is 0 Å². The molecular weight excluding hydrogens is 493 g/mol. The van der Waals surface area contributed by atoms with Gasteiger partial charge >= 0.3 is 5.69 Å². The summed E-state index contributed by atoms with van der Waals surface area (Å²) >= 11 is 1.58. The van der Waals surface area contributed by atoms with E-state index in [4.69, 9.17) is 4.74 Å². The van der Waals surface area contributed by atoms with Crippen molar-refractivity contribution in [2.24, 2.45) is 0 Å². The molecule has 1 aliphatic rings. The summed E-state index contributed by atoms with van der Waals surface area (Å²) in [7, 11) is 0. The third kappa shape index (κ3) is 3.76. The van der Waals surface area contributed by atoms with Crippen LogP contribution in [0.15, 0.2) is 46.1 Å². The number of hydrogen-bond donors (Lipinski definition) is 3. The summed E-state index contributed by atoms with van der Waals surface area (Å²) in [6.07, 6.45) is -4.61. The van der Waals surface area contributed by atoms with Gasteiger partial charge < -0.3 is 20.1 Å². The molecule has 1 fully saturated rings. The van der Waals surface area contributed by atoms with E-state index in [1.165, 1.54) is 24.3 Å². The van der Waals surface area contributed by atoms with E-state index < -0.39 is 54.9 Å². The Balaban J connectivity index is 2.04. The first-order valence-electron chi connectivity index (χ1n) is 8.24. The van der Waals surface area contributed by atoms with Gasteiger partial charge in [0.05, 0.1) is 16.7 Å². The number of benzene rings is 1. The summed E-state index contributed by atoms with van der Waals surface area (Å²) in [4.78, 5) is 25.1. The van der Waals surface area contributed by atoms with Gasteiger partial charge in [-0.2, -0.15) is 8.78 Å². The van der Waals surface area contributed by atoms with Crippen LogP contribution in [0, 0.1) is 3.57 Å². The molecule has 0 aliphatic carbocycles. The molecule has 8 nitrogen and oxygen atoms in total. The first kappa shape index (κ1) is 21.0. The zero-order valence-corrected chi connectivity index (χ0v) is 16.4. The number of rotatable bonds is 5. The van der Waals surface area contributed by atoms with Crippen molar-refractivity contribution in [1.82, 2.24) is 9.13 Å². The number of alkyl halides is 2. The van der Waals surface area contributed by atoms with Crippen LogP contribution in [-0.2, 0) is 17.2 Å². The van der Waals surface area contributed by atoms with Crippen molar-refractivity contribution in [2.45, 2.75) is 37.0 Å². The maximum atomic E-state index is 14.6. The molecular formula is C17H17F2IN2O6. The molecule has 4 atom stereocenters. The molecule has 2 aromatic rings. The van der Waals surface area contributed by atoms with Gasteiger partial charge in [-0.1, -0.05) is 30.3 Å². The number of aromatic nitrogens is 2. The predicted molar refractivity (Wildman–Crippen MR) is 101 cm³/mol. The second kappa shape index (κ2) is 7.99. The van der Waals surface area contributed by atoms with Crippen LogP contribution in [-0.4, -0.2) is 49.4 Å². The Morgan fingerprint density at radius 1 is 1.14 bits per heavy atom. The van der Waals surface area contributed by atoms with Gasteiger partial charge in [0, 0.05) is 11.8 Å². The maximum absolute atomic E-state index is 14.6. The third-order valence-electron chi connectivity index (χ3n) is 4.50. The number of aliphatic hydroxyl groups is 3. The first-order chi connectivity index (χ1) is 13.2. The van der Waals surface area contributed by atoms with E-state index in [0.717, 1.165) is 10.8 Å². The van der Waals surface area contributed by atoms with Crippen molar-refractivity contribution in [2.75, 3.05) is 6.61 Å². The second-order valence-corrected chi connectivity index (χ2v) is 7.52. The van der Waals surface area contributed by atoms with E-state index in [-0.39, 0.29) is 9.13 Å². The fourth-order valence-corrected chi connectivity index (χ4v) is 3.58. The molecule has 3 rings (SSSR count). The molecule has 0 amide bonds. The van der Waals surface area contributed by atoms with Crippen LogP contribution in [0.5, 0.6) is 0 Å². The van der Waals surface area contributed by atoms with Crippen LogP contribution in [0.2, 0.25) is 0 Å². The summed E-state index contributed by atoms with van der Waals surface area (Å²) in [5.41, 5.74) is -2.40. The van der Waals surface area contributed by atoms with Gasteiger partial charge in [0.2, 0.25) is 0 Å². The molecule has 2 heterocycles. The van der Waals surface area contributed by atoms with Gasteiger partial charge in [0.1, 0.15) is 18.3 Å². The number of nitrogens with zero attached hydrogens (tertiary/aromatic N) is 2. The molecule has 0 bridgehead atoms. The topological polar surface area (TPSA) is 114 Å². The van der Waals surface area contributed by atoms with E-state index in [9.17, 15) is 33.7 Å². The summed E-state index contributed by atoms with van der Waals surface area (Å²) in [6.45, 7) is -1.83. The van der Waals surface area contributed by atoms with Crippen LogP contribution < -0.4 is 11.2 Å². The molecule has 1 aliphatic heterocycles. The van der Waals surface area contributed by atoms with Crippen molar-refractivity contribution < 1.29 is 28.8 Å². The van der Waals surface area contributed by atoms with Crippen molar-refractivity contribution in [3.8, 4) is 0 Å². The highest BCUT2D eigenvalue weighted by Crippen LogP contribution is 2.30. The largest absolute Gasteiger partial charge is 0.394 e. The highest BCUT2D eigenvalue weighted by Gasteiger charge is 2.44. The van der Waals surface area contributed by atoms with Crippen LogP contribution in [0.3, 0.4) is 0 Å². The fourth-order valence-electron chi connectivity index (χ4n) is 2.99. The monoisotopic (exact) mass is 510 g/mol. The summed E-state index contributed by atoms with van der Waals surface area (Å²) in [5, 5.41) is 29.2. The SMILES string of the molecule is O=c1c(I)cn(C2O[C@H](CO)C(O)C2O)c(=O)n1CC(F)(F)c1ccccc1. The van der Waals surface area contributed by atoms with Gasteiger partial charge in [-0.3, -0.25) is 13.9 Å². The fraction of sp³-hybridized carbons (Fsp3) is 0.412. The molecule has 0 spiro atoms. The Kier molecular flexibility index (Phi) is 6.00. The quantitative estimate of drug-likeness (QED) is 0.489. The van der Waals surface area contributed by atoms with Gasteiger partial charge in [-0.25, -0.2) is 4.79 Å². The number of aliphatic hydroxyl groups excluding tert-OH is 3. The lowest BCUT2D eigenvalue weighted by Crippen LogP contribution is -2.46. The second-order valence-electron chi connectivity index (χ2n) is 6.36. The molecule has 1 saturated heterocycles. The molecule has 152 valence electrons. The Morgan fingerprint density at radius 2 is 1.79 bits per heavy atom. The van der Waals surface area contributed by atoms with E-state index in [2.05, 4.69) is 0 Å². The molecule has 0 radical (unpaired) electrons. The average Bonchev–Trinajstić information content (AvgIpc) is 2.97. The molecule has 1 aromatic carbocycles. The molecule has 28 heavy (non-hydrogen) atoms. The third-order valence-corrected chi connectivity index (χ3v) is 5.24. The summed E-state index contributed by atoms with van der Waals surface area (Å²) < 4.78 is 35.6. The maximum Gasteiger partial charge on any atom is 0.333 e. The number of hydrogen-bond acceptors (Lipinski definition) is 6. The highest BCUT2D eigenvalue weighted by atomic mass is 127. The Hall–Kier alpha value is -1.67. The first-order valence-corrected chi connectivity index (χ1v) is 9.32. The van der Waals surface area contributed by atoms with E-state index in [0.29, 0.717) is 4.57 Å². The van der Waals surface area contributed by atoms with E-state index in [1.54, 1.807) is 28.7 Å². The lowest BCUT2D eigenvalue weighted by atomic mass is 10.1. The average molecular weight is 510 g/mol. The number of halogens is 3. The van der Waals surface area contributed by atoms with Crippen molar-refractivity contribution in [3.05, 3.63) is 66.5 Å². The van der Waals surface area contributed by atoms with Gasteiger partial charge in [-0.15, -0.1) is 0 Å². The van der Waals surface area contributed by atoms with Gasteiger partial charge in [0.25, 0.3) is 11.5 Å². The molecule has 3 unspecified atom stereocenters. The van der Waals surface area contributed by atoms with Crippen molar-refractivity contribution in [3.63, 3.8) is 0 Å². The normalized spacial score (nSPS) is 25.2.